The highest BCUT2D eigenvalue weighted by atomic mass is 35.5. The average Bonchev–Trinajstić information content (AvgIpc) is 2.74. The monoisotopic (exact) mass is 443 g/mol. The van der Waals surface area contributed by atoms with Crippen molar-refractivity contribution in [2.75, 3.05) is 24.9 Å². The van der Waals surface area contributed by atoms with Crippen molar-refractivity contribution >= 4 is 46.1 Å². The summed E-state index contributed by atoms with van der Waals surface area (Å²) in [5, 5.41) is 17.9. The summed E-state index contributed by atoms with van der Waals surface area (Å²) in [4.78, 5) is 30.8. The van der Waals surface area contributed by atoms with Crippen LogP contribution in [0.15, 0.2) is 42.7 Å². The lowest BCUT2D eigenvalue weighted by Gasteiger charge is -2.14. The van der Waals surface area contributed by atoms with Crippen LogP contribution in [0.5, 0.6) is 11.5 Å². The lowest BCUT2D eigenvalue weighted by atomic mass is 10.1. The molecule has 31 heavy (non-hydrogen) atoms. The Labute approximate surface area is 182 Å². The molecule has 0 aliphatic heterocycles. The summed E-state index contributed by atoms with van der Waals surface area (Å²) < 4.78 is 10.5. The third kappa shape index (κ3) is 4.81. The molecule has 0 bridgehead atoms. The van der Waals surface area contributed by atoms with Gasteiger partial charge in [-0.15, -0.1) is 0 Å². The molecular formula is C20H18ClN5O5. The molecule has 0 aliphatic rings. The smallest absolute Gasteiger partial charge is 0.353 e. The number of aromatic nitrogens is 2. The molecule has 0 saturated carbocycles. The standard InChI is InChI=1S/C20H18ClN5O5/c1-11(27)12-5-4-6-13(7-12)24-19-18(26(28)29)20(23-10-22-19)25-15-8-14(21)16(30-2)9-17(15)31-3/h4-10H,1-3H3,(H2,22,23,24,25). The van der Waals surface area contributed by atoms with Crippen LogP contribution in [0.2, 0.25) is 5.02 Å². The van der Waals surface area contributed by atoms with E-state index in [9.17, 15) is 14.9 Å². The number of halogens is 1. The van der Waals surface area contributed by atoms with Gasteiger partial charge in [-0.1, -0.05) is 23.7 Å². The van der Waals surface area contributed by atoms with E-state index in [1.807, 2.05) is 0 Å². The number of hydrogen-bond donors (Lipinski definition) is 2. The summed E-state index contributed by atoms with van der Waals surface area (Å²) in [5.74, 6) is 0.463. The SMILES string of the molecule is COc1cc(OC)c(Nc2ncnc(Nc3cccc(C(C)=O)c3)c2[N+](=O)[O-])cc1Cl. The van der Waals surface area contributed by atoms with Crippen molar-refractivity contribution in [2.45, 2.75) is 6.92 Å². The number of ether oxygens (including phenoxy) is 2. The van der Waals surface area contributed by atoms with Crippen LogP contribution >= 0.6 is 11.6 Å². The fourth-order valence-electron chi connectivity index (χ4n) is 2.77. The van der Waals surface area contributed by atoms with Crippen LogP contribution < -0.4 is 20.1 Å². The maximum atomic E-state index is 11.8. The third-order valence-electron chi connectivity index (χ3n) is 4.26. The molecule has 0 saturated heterocycles. The maximum absolute atomic E-state index is 11.8. The lowest BCUT2D eigenvalue weighted by Crippen LogP contribution is -2.06. The number of anilines is 4. The zero-order chi connectivity index (χ0) is 22.5. The first kappa shape index (κ1) is 21.8. The predicted molar refractivity (Wildman–Crippen MR) is 116 cm³/mol. The summed E-state index contributed by atoms with van der Waals surface area (Å²) in [6.07, 6.45) is 1.17. The Morgan fingerprint density at radius 1 is 1.06 bits per heavy atom. The van der Waals surface area contributed by atoms with Gasteiger partial charge in [-0.2, -0.15) is 0 Å². The molecule has 11 heteroatoms. The van der Waals surface area contributed by atoms with Gasteiger partial charge in [0.15, 0.2) is 5.78 Å². The molecule has 1 aromatic heterocycles. The molecule has 10 nitrogen and oxygen atoms in total. The zero-order valence-electron chi connectivity index (χ0n) is 16.8. The van der Waals surface area contributed by atoms with Gasteiger partial charge in [-0.3, -0.25) is 14.9 Å². The Balaban J connectivity index is 2.02. The highest BCUT2D eigenvalue weighted by Crippen LogP contribution is 2.39. The van der Waals surface area contributed by atoms with Gasteiger partial charge < -0.3 is 20.1 Å². The molecule has 2 N–H and O–H groups in total. The molecule has 2 aromatic carbocycles. The number of carbonyl (C=O) groups excluding carboxylic acids is 1. The number of nitrogens with one attached hydrogen (secondary N) is 2. The molecule has 0 unspecified atom stereocenters. The molecule has 0 amide bonds. The molecule has 3 rings (SSSR count). The van der Waals surface area contributed by atoms with Crippen LogP contribution in [-0.4, -0.2) is 34.9 Å². The maximum Gasteiger partial charge on any atom is 0.353 e. The van der Waals surface area contributed by atoms with E-state index < -0.39 is 10.6 Å². The number of hydrogen-bond acceptors (Lipinski definition) is 9. The minimum atomic E-state index is -0.614. The minimum absolute atomic E-state index is 0.0539. The number of nitrogens with zero attached hydrogens (tertiary/aromatic N) is 3. The van der Waals surface area contributed by atoms with Gasteiger partial charge in [-0.05, 0) is 25.1 Å². The number of benzene rings is 2. The second-order valence-electron chi connectivity index (χ2n) is 6.25. The summed E-state index contributed by atoms with van der Waals surface area (Å²) >= 11 is 6.18. The van der Waals surface area contributed by atoms with E-state index in [4.69, 9.17) is 21.1 Å². The van der Waals surface area contributed by atoms with Crippen LogP contribution in [-0.2, 0) is 0 Å². The number of Topliss-reactive ketones (excluding diaryl/α,β-unsaturated/α-hetero) is 1. The fourth-order valence-corrected chi connectivity index (χ4v) is 3.01. The second-order valence-corrected chi connectivity index (χ2v) is 6.66. The first-order chi connectivity index (χ1) is 14.8. The van der Waals surface area contributed by atoms with E-state index in [-0.39, 0.29) is 22.4 Å². The topological polar surface area (TPSA) is 129 Å². The molecule has 160 valence electrons. The molecule has 0 fully saturated rings. The number of rotatable bonds is 8. The molecule has 0 radical (unpaired) electrons. The summed E-state index contributed by atoms with van der Waals surface area (Å²) in [6.45, 7) is 1.43. The Hall–Kier alpha value is -3.92. The van der Waals surface area contributed by atoms with Crippen LogP contribution in [0, 0.1) is 10.1 Å². The van der Waals surface area contributed by atoms with Gasteiger partial charge in [0.25, 0.3) is 0 Å². The molecule has 0 spiro atoms. The number of nitro groups is 1. The minimum Gasteiger partial charge on any atom is -0.495 e. The first-order valence-corrected chi connectivity index (χ1v) is 9.27. The van der Waals surface area contributed by atoms with Crippen LogP contribution in [0.4, 0.5) is 28.7 Å². The number of ketones is 1. The van der Waals surface area contributed by atoms with E-state index in [1.165, 1.54) is 33.5 Å². The van der Waals surface area contributed by atoms with Gasteiger partial charge in [0.1, 0.15) is 17.8 Å². The van der Waals surface area contributed by atoms with Crippen LogP contribution in [0.3, 0.4) is 0 Å². The summed E-state index contributed by atoms with van der Waals surface area (Å²) in [6, 6.07) is 9.61. The van der Waals surface area contributed by atoms with Gasteiger partial charge >= 0.3 is 5.69 Å². The Bertz CT molecular complexity index is 1150. The average molecular weight is 444 g/mol. The fraction of sp³-hybridized carbons (Fsp3) is 0.150. The first-order valence-electron chi connectivity index (χ1n) is 8.90. The number of methoxy groups -OCH3 is 2. The zero-order valence-corrected chi connectivity index (χ0v) is 17.6. The molecule has 0 aliphatic carbocycles. The van der Waals surface area contributed by atoms with Crippen molar-refractivity contribution in [3.05, 3.63) is 63.4 Å². The number of carbonyl (C=O) groups is 1. The van der Waals surface area contributed by atoms with Gasteiger partial charge in [0.2, 0.25) is 11.6 Å². The second kappa shape index (κ2) is 9.26. The van der Waals surface area contributed by atoms with E-state index >= 15 is 0 Å². The molecular weight excluding hydrogens is 426 g/mol. The van der Waals surface area contributed by atoms with Gasteiger partial charge in [0.05, 0.1) is 29.9 Å². The van der Waals surface area contributed by atoms with E-state index in [0.717, 1.165) is 0 Å². The largest absolute Gasteiger partial charge is 0.495 e. The van der Waals surface area contributed by atoms with Gasteiger partial charge in [-0.25, -0.2) is 9.97 Å². The third-order valence-corrected chi connectivity index (χ3v) is 4.56. The quantitative estimate of drug-likeness (QED) is 0.288. The normalized spacial score (nSPS) is 10.3. The van der Waals surface area contributed by atoms with Crippen molar-refractivity contribution < 1.29 is 19.2 Å². The van der Waals surface area contributed by atoms with E-state index in [2.05, 4.69) is 20.6 Å². The summed E-state index contributed by atoms with van der Waals surface area (Å²) in [7, 11) is 2.90. The van der Waals surface area contributed by atoms with Gasteiger partial charge in [0, 0.05) is 17.3 Å². The molecule has 0 atom stereocenters. The highest BCUT2D eigenvalue weighted by molar-refractivity contribution is 6.32. The Morgan fingerprint density at radius 2 is 1.74 bits per heavy atom. The van der Waals surface area contributed by atoms with Crippen molar-refractivity contribution in [1.82, 2.24) is 9.97 Å². The van der Waals surface area contributed by atoms with E-state index in [1.54, 1.807) is 30.3 Å². The Morgan fingerprint density at radius 3 is 2.35 bits per heavy atom. The van der Waals surface area contributed by atoms with Crippen LogP contribution in [0.1, 0.15) is 17.3 Å². The predicted octanol–water partition coefficient (Wildman–Crippen LogP) is 4.75. The van der Waals surface area contributed by atoms with Crippen molar-refractivity contribution in [3.8, 4) is 11.5 Å². The summed E-state index contributed by atoms with van der Waals surface area (Å²) in [5.41, 5.74) is 0.868. The van der Waals surface area contributed by atoms with Crippen molar-refractivity contribution in [3.63, 3.8) is 0 Å². The van der Waals surface area contributed by atoms with Crippen molar-refractivity contribution in [2.24, 2.45) is 0 Å². The van der Waals surface area contributed by atoms with Crippen molar-refractivity contribution in [1.29, 1.82) is 0 Å². The highest BCUT2D eigenvalue weighted by Gasteiger charge is 2.24. The molecule has 1 heterocycles. The molecule has 3 aromatic rings. The van der Waals surface area contributed by atoms with Crippen LogP contribution in [0.25, 0.3) is 0 Å². The Kier molecular flexibility index (Phi) is 6.51. The van der Waals surface area contributed by atoms with E-state index in [0.29, 0.717) is 28.4 Å². The lowest BCUT2D eigenvalue weighted by molar-refractivity contribution is -0.383.